The number of pyridine rings is 1. The van der Waals surface area contributed by atoms with E-state index in [1.165, 1.54) is 36.2 Å². The molecule has 8 nitrogen and oxygen atoms in total. The fraction of sp³-hybridized carbons (Fsp3) is 0.733. The normalized spacial score (nSPS) is 19.6. The number of carbonyl (C=O) groups excluding carboxylic acids is 3. The largest absolute Gasteiger partial charge is 0.464 e. The Labute approximate surface area is 228 Å². The summed E-state index contributed by atoms with van der Waals surface area (Å²) in [5, 5.41) is 2.92. The Morgan fingerprint density at radius 3 is 2.66 bits per heavy atom. The molecule has 1 fully saturated rings. The molecule has 0 saturated carbocycles. The summed E-state index contributed by atoms with van der Waals surface area (Å²) in [6.45, 7) is 4.89. The first kappa shape index (κ1) is 30.1. The number of amides is 2. The monoisotopic (exact) mass is 529 g/mol. The van der Waals surface area contributed by atoms with Gasteiger partial charge in [0, 0.05) is 25.0 Å². The van der Waals surface area contributed by atoms with Crippen molar-refractivity contribution in [1.29, 1.82) is 0 Å². The van der Waals surface area contributed by atoms with E-state index in [9.17, 15) is 14.4 Å². The number of unbranched alkanes of at least 4 members (excludes halogenated alkanes) is 4. The molecule has 1 saturated heterocycles. The van der Waals surface area contributed by atoms with Crippen LogP contribution in [0.3, 0.4) is 0 Å². The number of nitrogens with zero attached hydrogens (tertiary/aromatic N) is 2. The minimum absolute atomic E-state index is 0.0361. The molecule has 2 amide bonds. The molecule has 0 unspecified atom stereocenters. The van der Waals surface area contributed by atoms with E-state index in [0.717, 1.165) is 51.4 Å². The van der Waals surface area contributed by atoms with Gasteiger partial charge in [-0.05, 0) is 75.8 Å². The lowest BCUT2D eigenvalue weighted by atomic mass is 9.95. The Hall–Kier alpha value is -2.48. The predicted molar refractivity (Wildman–Crippen MR) is 147 cm³/mol. The van der Waals surface area contributed by atoms with E-state index < -0.39 is 18.1 Å². The van der Waals surface area contributed by atoms with Gasteiger partial charge in [-0.3, -0.25) is 14.6 Å². The summed E-state index contributed by atoms with van der Waals surface area (Å²) in [7, 11) is 1.56. The lowest BCUT2D eigenvalue weighted by molar-refractivity contribution is -0.149. The van der Waals surface area contributed by atoms with Crippen LogP contribution < -0.4 is 5.32 Å². The SMILES string of the molecule is CCOC(=O)[C@H](CCCCCCCc1ccc2c(n1)CCCC2)NC(=O)[C@@H]1[C@@H](C)CCN1C(=O)CCOC. The highest BCUT2D eigenvalue weighted by Crippen LogP contribution is 2.25. The van der Waals surface area contributed by atoms with E-state index in [1.54, 1.807) is 18.9 Å². The molecule has 1 aromatic rings. The van der Waals surface area contributed by atoms with Crippen molar-refractivity contribution >= 4 is 17.8 Å². The van der Waals surface area contributed by atoms with Crippen LogP contribution in [0.15, 0.2) is 12.1 Å². The van der Waals surface area contributed by atoms with Gasteiger partial charge in [0.1, 0.15) is 12.1 Å². The molecule has 8 heteroatoms. The number of nitrogens with one attached hydrogen (secondary N) is 1. The van der Waals surface area contributed by atoms with Crippen molar-refractivity contribution in [2.24, 2.45) is 5.92 Å². The first-order valence-electron chi connectivity index (χ1n) is 14.7. The summed E-state index contributed by atoms with van der Waals surface area (Å²) >= 11 is 0. The van der Waals surface area contributed by atoms with E-state index in [1.807, 2.05) is 6.92 Å². The lowest BCUT2D eigenvalue weighted by Crippen LogP contribution is -2.52. The van der Waals surface area contributed by atoms with Gasteiger partial charge < -0.3 is 19.7 Å². The summed E-state index contributed by atoms with van der Waals surface area (Å²) in [5.41, 5.74) is 3.93. The summed E-state index contributed by atoms with van der Waals surface area (Å²) < 4.78 is 10.3. The molecule has 38 heavy (non-hydrogen) atoms. The predicted octanol–water partition coefficient (Wildman–Crippen LogP) is 4.16. The molecule has 3 atom stereocenters. The number of esters is 1. The van der Waals surface area contributed by atoms with Crippen LogP contribution in [0.2, 0.25) is 0 Å². The number of hydrogen-bond acceptors (Lipinski definition) is 6. The highest BCUT2D eigenvalue weighted by molar-refractivity contribution is 5.91. The van der Waals surface area contributed by atoms with Gasteiger partial charge in [0.2, 0.25) is 11.8 Å². The van der Waals surface area contributed by atoms with Crippen LogP contribution in [0, 0.1) is 5.92 Å². The van der Waals surface area contributed by atoms with Crippen LogP contribution in [-0.4, -0.2) is 66.6 Å². The van der Waals surface area contributed by atoms with Gasteiger partial charge in [-0.2, -0.15) is 0 Å². The van der Waals surface area contributed by atoms with Crippen LogP contribution in [0.1, 0.15) is 95.0 Å². The molecule has 3 rings (SSSR count). The number of methoxy groups -OCH3 is 1. The van der Waals surface area contributed by atoms with Crippen LogP contribution in [0.5, 0.6) is 0 Å². The fourth-order valence-electron chi connectivity index (χ4n) is 5.66. The molecule has 1 N–H and O–H groups in total. The van der Waals surface area contributed by atoms with E-state index >= 15 is 0 Å². The van der Waals surface area contributed by atoms with Crippen molar-refractivity contribution in [2.75, 3.05) is 26.9 Å². The second kappa shape index (κ2) is 15.8. The van der Waals surface area contributed by atoms with Crippen molar-refractivity contribution in [2.45, 2.75) is 109 Å². The van der Waals surface area contributed by atoms with Gasteiger partial charge in [0.15, 0.2) is 0 Å². The van der Waals surface area contributed by atoms with Crippen LogP contribution >= 0.6 is 0 Å². The number of ether oxygens (including phenoxy) is 2. The Bertz CT molecular complexity index is 921. The average molecular weight is 530 g/mol. The molecule has 0 aromatic carbocycles. The number of carbonyl (C=O) groups is 3. The van der Waals surface area contributed by atoms with E-state index in [-0.39, 0.29) is 30.8 Å². The number of fused-ring (bicyclic) bond motifs is 1. The molecule has 1 aliphatic carbocycles. The van der Waals surface area contributed by atoms with Gasteiger partial charge in [-0.25, -0.2) is 4.79 Å². The third-order valence-electron chi connectivity index (χ3n) is 7.86. The molecule has 0 radical (unpaired) electrons. The molecule has 2 aliphatic rings. The zero-order chi connectivity index (χ0) is 27.3. The Morgan fingerprint density at radius 1 is 1.11 bits per heavy atom. The minimum atomic E-state index is -0.689. The topological polar surface area (TPSA) is 97.8 Å². The molecule has 0 spiro atoms. The standard InChI is InChI=1S/C30H47N3O5/c1-4-38-30(36)26(32-29(35)28-22(2)18-20-33(28)27(34)19-21-37-3)15-9-7-5-6-8-13-24-17-16-23-12-10-11-14-25(23)31-24/h16-17,22,26,28H,4-15,18-21H2,1-3H3,(H,32,35)/t22-,26-,28-/m0/s1. The van der Waals surface area contributed by atoms with Crippen LogP contribution in [-0.2, 0) is 43.1 Å². The Balaban J connectivity index is 1.42. The zero-order valence-corrected chi connectivity index (χ0v) is 23.6. The highest BCUT2D eigenvalue weighted by Gasteiger charge is 2.40. The first-order chi connectivity index (χ1) is 18.4. The van der Waals surface area contributed by atoms with Gasteiger partial charge in [-0.15, -0.1) is 0 Å². The average Bonchev–Trinajstić information content (AvgIpc) is 3.31. The molecular weight excluding hydrogens is 482 g/mol. The van der Waals surface area contributed by atoms with E-state index in [0.29, 0.717) is 19.6 Å². The Kier molecular flexibility index (Phi) is 12.5. The summed E-state index contributed by atoms with van der Waals surface area (Å²) in [5.74, 6) is -0.720. The van der Waals surface area contributed by atoms with Crippen molar-refractivity contribution in [3.63, 3.8) is 0 Å². The summed E-state index contributed by atoms with van der Waals surface area (Å²) in [4.78, 5) is 45.0. The van der Waals surface area contributed by atoms with Crippen LogP contribution in [0.25, 0.3) is 0 Å². The second-order valence-corrected chi connectivity index (χ2v) is 10.8. The summed E-state index contributed by atoms with van der Waals surface area (Å²) in [6, 6.07) is 3.20. The molecule has 2 heterocycles. The number of likely N-dealkylation sites (tertiary alicyclic amines) is 1. The van der Waals surface area contributed by atoms with Gasteiger partial charge in [0.05, 0.1) is 19.6 Å². The number of hydrogen-bond donors (Lipinski definition) is 1. The number of aromatic nitrogens is 1. The van der Waals surface area contributed by atoms with Crippen molar-refractivity contribution in [3.05, 3.63) is 29.1 Å². The Morgan fingerprint density at radius 2 is 1.87 bits per heavy atom. The molecule has 0 bridgehead atoms. The number of rotatable bonds is 15. The fourth-order valence-corrected chi connectivity index (χ4v) is 5.66. The smallest absolute Gasteiger partial charge is 0.328 e. The molecule has 1 aliphatic heterocycles. The summed E-state index contributed by atoms with van der Waals surface area (Å²) in [6.07, 6.45) is 12.5. The second-order valence-electron chi connectivity index (χ2n) is 10.8. The quantitative estimate of drug-likeness (QED) is 0.271. The maximum Gasteiger partial charge on any atom is 0.328 e. The van der Waals surface area contributed by atoms with E-state index in [2.05, 4.69) is 17.4 Å². The maximum atomic E-state index is 13.2. The zero-order valence-electron chi connectivity index (χ0n) is 23.6. The molecule has 1 aromatic heterocycles. The highest BCUT2D eigenvalue weighted by atomic mass is 16.5. The third kappa shape index (κ3) is 8.79. The van der Waals surface area contributed by atoms with Gasteiger partial charge in [-0.1, -0.05) is 38.7 Å². The van der Waals surface area contributed by atoms with E-state index in [4.69, 9.17) is 14.5 Å². The molecule has 212 valence electrons. The van der Waals surface area contributed by atoms with Crippen molar-refractivity contribution in [3.8, 4) is 0 Å². The van der Waals surface area contributed by atoms with Gasteiger partial charge in [0.25, 0.3) is 0 Å². The number of aryl methyl sites for hydroxylation is 3. The third-order valence-corrected chi connectivity index (χ3v) is 7.86. The van der Waals surface area contributed by atoms with Crippen molar-refractivity contribution < 1.29 is 23.9 Å². The molecular formula is C30H47N3O5. The lowest BCUT2D eigenvalue weighted by Gasteiger charge is -2.28. The van der Waals surface area contributed by atoms with Gasteiger partial charge >= 0.3 is 5.97 Å². The van der Waals surface area contributed by atoms with Crippen LogP contribution in [0.4, 0.5) is 0 Å². The maximum absolute atomic E-state index is 13.2. The minimum Gasteiger partial charge on any atom is -0.464 e. The van der Waals surface area contributed by atoms with Crippen molar-refractivity contribution in [1.82, 2.24) is 15.2 Å². The first-order valence-corrected chi connectivity index (χ1v) is 14.7.